The molecule has 0 saturated carbocycles. The van der Waals surface area contributed by atoms with Crippen LogP contribution in [0.3, 0.4) is 0 Å². The lowest BCUT2D eigenvalue weighted by molar-refractivity contribution is 0.232. The number of anilines is 1. The highest BCUT2D eigenvalue weighted by atomic mass is 32.2. The van der Waals surface area contributed by atoms with Crippen LogP contribution in [0.2, 0.25) is 0 Å². The van der Waals surface area contributed by atoms with Gasteiger partial charge in [-0.15, -0.1) is 0 Å². The molecule has 4 aromatic rings. The number of rotatable bonds is 6. The van der Waals surface area contributed by atoms with Gasteiger partial charge in [0.15, 0.2) is 0 Å². The highest BCUT2D eigenvalue weighted by Crippen LogP contribution is 2.32. The van der Waals surface area contributed by atoms with Crippen molar-refractivity contribution in [3.63, 3.8) is 0 Å². The van der Waals surface area contributed by atoms with Crippen LogP contribution in [0.1, 0.15) is 19.3 Å². The van der Waals surface area contributed by atoms with Crippen molar-refractivity contribution in [3.8, 4) is 0 Å². The molecule has 4 heterocycles. The Bertz CT molecular complexity index is 1440. The molecule has 1 N–H and O–H groups in total. The highest BCUT2D eigenvalue weighted by Gasteiger charge is 2.36. The third-order valence-corrected chi connectivity index (χ3v) is 9.58. The standard InChI is InChI=1S/C27H31N5O2S/c33-35(34,27-20-28-19-21-5-1-2-7-23(21)27)32-13-4-6-22(32)11-14-30-15-17-31(18-16-30)26-9-3-8-25-24(26)10-12-29-25/h1-3,5,7-10,12,19-20,22,29H,4,6,11,13-18H2. The molecular formula is C27H31N5O2S. The van der Waals surface area contributed by atoms with Gasteiger partial charge in [0.25, 0.3) is 0 Å². The minimum Gasteiger partial charge on any atom is -0.368 e. The van der Waals surface area contributed by atoms with Gasteiger partial charge < -0.3 is 9.88 Å². The van der Waals surface area contributed by atoms with E-state index < -0.39 is 10.0 Å². The zero-order valence-electron chi connectivity index (χ0n) is 19.8. The maximum absolute atomic E-state index is 13.7. The predicted molar refractivity (Wildman–Crippen MR) is 140 cm³/mol. The van der Waals surface area contributed by atoms with Crippen molar-refractivity contribution in [2.45, 2.75) is 30.2 Å². The highest BCUT2D eigenvalue weighted by molar-refractivity contribution is 7.89. The topological polar surface area (TPSA) is 72.5 Å². The number of sulfonamides is 1. The van der Waals surface area contributed by atoms with Gasteiger partial charge in [0.1, 0.15) is 4.90 Å². The summed E-state index contributed by atoms with van der Waals surface area (Å²) in [4.78, 5) is 12.8. The Morgan fingerprint density at radius 2 is 1.77 bits per heavy atom. The fourth-order valence-electron chi connectivity index (χ4n) is 5.72. The fourth-order valence-corrected chi connectivity index (χ4v) is 7.61. The van der Waals surface area contributed by atoms with Gasteiger partial charge in [0.05, 0.1) is 0 Å². The molecule has 2 fully saturated rings. The van der Waals surface area contributed by atoms with Crippen LogP contribution in [-0.4, -0.2) is 72.9 Å². The molecule has 1 atom stereocenters. The second-order valence-corrected chi connectivity index (χ2v) is 11.5. The largest absolute Gasteiger partial charge is 0.368 e. The molecule has 0 aliphatic carbocycles. The Hall–Kier alpha value is -2.94. The lowest BCUT2D eigenvalue weighted by Crippen LogP contribution is -2.47. The van der Waals surface area contributed by atoms with E-state index in [2.05, 4.69) is 44.0 Å². The normalized spacial score (nSPS) is 20.2. The van der Waals surface area contributed by atoms with Crippen molar-refractivity contribution in [3.05, 3.63) is 67.1 Å². The zero-order valence-corrected chi connectivity index (χ0v) is 20.6. The van der Waals surface area contributed by atoms with E-state index in [9.17, 15) is 8.42 Å². The van der Waals surface area contributed by atoms with Gasteiger partial charge in [-0.25, -0.2) is 8.42 Å². The van der Waals surface area contributed by atoms with Crippen molar-refractivity contribution in [2.24, 2.45) is 0 Å². The van der Waals surface area contributed by atoms with Crippen molar-refractivity contribution in [1.82, 2.24) is 19.2 Å². The van der Waals surface area contributed by atoms with Crippen molar-refractivity contribution in [1.29, 1.82) is 0 Å². The summed E-state index contributed by atoms with van der Waals surface area (Å²) in [6, 6.07) is 16.2. The van der Waals surface area contributed by atoms with Crippen molar-refractivity contribution in [2.75, 3.05) is 44.2 Å². The summed E-state index contributed by atoms with van der Waals surface area (Å²) in [5.74, 6) is 0. The molecule has 2 aliphatic rings. The lowest BCUT2D eigenvalue weighted by Gasteiger charge is -2.37. The summed E-state index contributed by atoms with van der Waals surface area (Å²) in [6.45, 7) is 5.47. The molecule has 2 aromatic heterocycles. The maximum atomic E-state index is 13.7. The summed E-state index contributed by atoms with van der Waals surface area (Å²) in [7, 11) is -3.59. The van der Waals surface area contributed by atoms with Crippen LogP contribution in [0.5, 0.6) is 0 Å². The number of piperazine rings is 1. The molecule has 2 aromatic carbocycles. The average molecular weight is 490 g/mol. The smallest absolute Gasteiger partial charge is 0.245 e. The zero-order chi connectivity index (χ0) is 23.8. The lowest BCUT2D eigenvalue weighted by atomic mass is 10.1. The van der Waals surface area contributed by atoms with E-state index in [0.717, 1.165) is 62.8 Å². The van der Waals surface area contributed by atoms with Crippen molar-refractivity contribution >= 4 is 37.4 Å². The second kappa shape index (κ2) is 9.26. The number of aromatic amines is 1. The Labute approximate surface area is 206 Å². The van der Waals surface area contributed by atoms with Gasteiger partial charge in [-0.3, -0.25) is 9.88 Å². The molecule has 182 valence electrons. The van der Waals surface area contributed by atoms with Crippen LogP contribution in [0.25, 0.3) is 21.7 Å². The molecule has 2 aliphatic heterocycles. The Balaban J connectivity index is 1.11. The van der Waals surface area contributed by atoms with E-state index in [1.807, 2.05) is 30.5 Å². The summed E-state index contributed by atoms with van der Waals surface area (Å²) in [6.07, 6.45) is 7.94. The summed E-state index contributed by atoms with van der Waals surface area (Å²) >= 11 is 0. The summed E-state index contributed by atoms with van der Waals surface area (Å²) < 4.78 is 29.1. The Morgan fingerprint density at radius 1 is 0.914 bits per heavy atom. The molecule has 1 unspecified atom stereocenters. The number of hydrogen-bond acceptors (Lipinski definition) is 5. The number of fused-ring (bicyclic) bond motifs is 2. The van der Waals surface area contributed by atoms with Gasteiger partial charge in [0, 0.05) is 84.7 Å². The van der Waals surface area contributed by atoms with Gasteiger partial charge in [0.2, 0.25) is 10.0 Å². The number of H-pyrrole nitrogens is 1. The van der Waals surface area contributed by atoms with E-state index in [1.54, 1.807) is 10.5 Å². The molecule has 2 saturated heterocycles. The van der Waals surface area contributed by atoms with Crippen LogP contribution in [0, 0.1) is 0 Å². The first-order chi connectivity index (χ1) is 17.1. The van der Waals surface area contributed by atoms with Gasteiger partial charge in [-0.2, -0.15) is 4.31 Å². The summed E-state index contributed by atoms with van der Waals surface area (Å²) in [5, 5.41) is 2.88. The van der Waals surface area contributed by atoms with Gasteiger partial charge >= 0.3 is 0 Å². The molecular weight excluding hydrogens is 458 g/mol. The van der Waals surface area contributed by atoms with Crippen LogP contribution in [0.15, 0.2) is 72.0 Å². The van der Waals surface area contributed by atoms with Crippen LogP contribution < -0.4 is 4.90 Å². The minimum atomic E-state index is -3.59. The second-order valence-electron chi connectivity index (χ2n) is 9.60. The quantitative estimate of drug-likeness (QED) is 0.442. The Kier molecular flexibility index (Phi) is 5.96. The summed E-state index contributed by atoms with van der Waals surface area (Å²) in [5.41, 5.74) is 2.47. The maximum Gasteiger partial charge on any atom is 0.245 e. The fraction of sp³-hybridized carbons (Fsp3) is 0.370. The van der Waals surface area contributed by atoms with Crippen LogP contribution >= 0.6 is 0 Å². The molecule has 0 radical (unpaired) electrons. The Morgan fingerprint density at radius 3 is 2.66 bits per heavy atom. The van der Waals surface area contributed by atoms with E-state index in [4.69, 9.17) is 0 Å². The molecule has 0 amide bonds. The van der Waals surface area contributed by atoms with Crippen molar-refractivity contribution < 1.29 is 8.42 Å². The minimum absolute atomic E-state index is 0.0469. The third-order valence-electron chi connectivity index (χ3n) is 7.60. The van der Waals surface area contributed by atoms with E-state index in [-0.39, 0.29) is 6.04 Å². The number of nitrogens with zero attached hydrogens (tertiary/aromatic N) is 4. The number of benzene rings is 2. The molecule has 0 spiro atoms. The number of aromatic nitrogens is 2. The molecule has 35 heavy (non-hydrogen) atoms. The first-order valence-electron chi connectivity index (χ1n) is 12.5. The molecule has 7 nitrogen and oxygen atoms in total. The number of hydrogen-bond donors (Lipinski definition) is 1. The molecule has 0 bridgehead atoms. The molecule has 6 rings (SSSR count). The SMILES string of the molecule is O=S(=O)(c1cncc2ccccc12)N1CCCC1CCN1CCN(c2cccc3[nH]ccc23)CC1. The average Bonchev–Trinajstić information content (AvgIpc) is 3.57. The first-order valence-corrected chi connectivity index (χ1v) is 13.9. The first kappa shape index (κ1) is 22.5. The van der Waals surface area contributed by atoms with E-state index in [0.29, 0.717) is 11.4 Å². The van der Waals surface area contributed by atoms with Crippen LogP contribution in [-0.2, 0) is 10.0 Å². The molecule has 8 heteroatoms. The number of nitrogens with one attached hydrogen (secondary N) is 1. The van der Waals surface area contributed by atoms with E-state index >= 15 is 0 Å². The monoisotopic (exact) mass is 489 g/mol. The van der Waals surface area contributed by atoms with Crippen LogP contribution in [0.4, 0.5) is 5.69 Å². The number of pyridine rings is 1. The predicted octanol–water partition coefficient (Wildman–Crippen LogP) is 4.08. The van der Waals surface area contributed by atoms with E-state index in [1.165, 1.54) is 22.8 Å². The third kappa shape index (κ3) is 4.20. The van der Waals surface area contributed by atoms with Gasteiger partial charge in [-0.1, -0.05) is 30.3 Å². The van der Waals surface area contributed by atoms with Gasteiger partial charge in [-0.05, 0) is 44.0 Å².